The van der Waals surface area contributed by atoms with Gasteiger partial charge in [0.1, 0.15) is 5.75 Å². The first-order valence-corrected chi connectivity index (χ1v) is 10.7. The van der Waals surface area contributed by atoms with E-state index in [-0.39, 0.29) is 24.3 Å². The highest BCUT2D eigenvalue weighted by Gasteiger charge is 2.32. The number of piperazine rings is 1. The molecule has 0 spiro atoms. The van der Waals surface area contributed by atoms with E-state index in [4.69, 9.17) is 5.11 Å². The lowest BCUT2D eigenvalue weighted by Crippen LogP contribution is -2.53. The van der Waals surface area contributed by atoms with Crippen LogP contribution in [-0.2, 0) is 11.2 Å². The zero-order valence-electron chi connectivity index (χ0n) is 17.5. The number of aryl methyl sites for hydroxylation is 1. The van der Waals surface area contributed by atoms with Gasteiger partial charge in [-0.2, -0.15) is 0 Å². The molecular weight excluding hydrogens is 429 g/mol. The number of halogens is 3. The Kier molecular flexibility index (Phi) is 7.06. The van der Waals surface area contributed by atoms with Gasteiger partial charge in [0.05, 0.1) is 6.42 Å². The van der Waals surface area contributed by atoms with Gasteiger partial charge in [0, 0.05) is 35.8 Å². The summed E-state index contributed by atoms with van der Waals surface area (Å²) in [7, 11) is 0. The molecule has 0 amide bonds. The molecule has 1 aliphatic heterocycles. The summed E-state index contributed by atoms with van der Waals surface area (Å²) < 4.78 is 43.3. The van der Waals surface area contributed by atoms with Gasteiger partial charge >= 0.3 is 12.3 Å². The summed E-state index contributed by atoms with van der Waals surface area (Å²) in [6.07, 6.45) is -4.71. The van der Waals surface area contributed by atoms with Crippen LogP contribution in [0.3, 0.4) is 0 Å². The molecule has 31 heavy (non-hydrogen) atoms. The smallest absolute Gasteiger partial charge is 0.481 e. The van der Waals surface area contributed by atoms with Crippen LogP contribution in [-0.4, -0.2) is 46.9 Å². The highest BCUT2D eigenvalue weighted by atomic mass is 32.2. The topological polar surface area (TPSA) is 53.0 Å². The lowest BCUT2D eigenvalue weighted by molar-refractivity contribution is -0.274. The van der Waals surface area contributed by atoms with E-state index in [1.54, 1.807) is 24.1 Å². The molecule has 1 aliphatic rings. The summed E-state index contributed by atoms with van der Waals surface area (Å²) in [5.41, 5.74) is 2.63. The van der Waals surface area contributed by atoms with Gasteiger partial charge in [-0.3, -0.25) is 4.79 Å². The monoisotopic (exact) mass is 454 g/mol. The Morgan fingerprint density at radius 1 is 1.13 bits per heavy atom. The molecule has 0 saturated carbocycles. The van der Waals surface area contributed by atoms with E-state index >= 15 is 0 Å². The number of alkyl halides is 3. The fourth-order valence-corrected chi connectivity index (χ4v) is 5.01. The highest BCUT2D eigenvalue weighted by Crippen LogP contribution is 2.34. The van der Waals surface area contributed by atoms with E-state index in [9.17, 15) is 18.0 Å². The minimum absolute atomic E-state index is 0.0117. The van der Waals surface area contributed by atoms with Gasteiger partial charge in [-0.25, -0.2) is 4.31 Å². The number of carboxylic acids is 1. The summed E-state index contributed by atoms with van der Waals surface area (Å²) in [4.78, 5) is 14.2. The summed E-state index contributed by atoms with van der Waals surface area (Å²) in [6, 6.07) is 12.1. The zero-order valence-corrected chi connectivity index (χ0v) is 18.3. The second-order valence-corrected chi connectivity index (χ2v) is 8.90. The van der Waals surface area contributed by atoms with Crippen molar-refractivity contribution in [3.8, 4) is 5.75 Å². The summed E-state index contributed by atoms with van der Waals surface area (Å²) in [5, 5.41) is 9.08. The summed E-state index contributed by atoms with van der Waals surface area (Å²) in [6.45, 7) is 7.58. The fourth-order valence-electron chi connectivity index (χ4n) is 3.83. The number of benzene rings is 2. The Morgan fingerprint density at radius 3 is 2.29 bits per heavy atom. The SMILES string of the molecule is Cc1cc(CC(=O)O)cc(SN2C(C)CN(c3ccc(OC(F)(F)F)cc3)CC2C)c1. The van der Waals surface area contributed by atoms with Crippen molar-refractivity contribution < 1.29 is 27.8 Å². The molecule has 3 rings (SSSR count). The van der Waals surface area contributed by atoms with Crippen molar-refractivity contribution in [2.24, 2.45) is 0 Å². The molecule has 1 saturated heterocycles. The maximum absolute atomic E-state index is 12.4. The van der Waals surface area contributed by atoms with Gasteiger partial charge in [-0.15, -0.1) is 13.2 Å². The molecule has 0 radical (unpaired) electrons. The third-order valence-corrected chi connectivity index (χ3v) is 6.33. The van der Waals surface area contributed by atoms with Gasteiger partial charge in [0.25, 0.3) is 0 Å². The first-order chi connectivity index (χ1) is 14.5. The van der Waals surface area contributed by atoms with Crippen LogP contribution in [0.4, 0.5) is 18.9 Å². The molecule has 9 heteroatoms. The average Bonchev–Trinajstić information content (AvgIpc) is 2.63. The lowest BCUT2D eigenvalue weighted by atomic mass is 10.1. The van der Waals surface area contributed by atoms with E-state index in [1.165, 1.54) is 12.1 Å². The van der Waals surface area contributed by atoms with Crippen LogP contribution in [0.2, 0.25) is 0 Å². The first kappa shape index (κ1) is 23.3. The van der Waals surface area contributed by atoms with Gasteiger partial charge in [0.15, 0.2) is 0 Å². The molecule has 2 aromatic rings. The number of rotatable bonds is 6. The number of carboxylic acid groups (broad SMARTS) is 1. The van der Waals surface area contributed by atoms with E-state index in [0.717, 1.165) is 21.7 Å². The van der Waals surface area contributed by atoms with Crippen molar-refractivity contribution >= 4 is 23.6 Å². The van der Waals surface area contributed by atoms with Crippen molar-refractivity contribution in [3.63, 3.8) is 0 Å². The normalized spacial score (nSPS) is 20.0. The first-order valence-electron chi connectivity index (χ1n) is 9.89. The van der Waals surface area contributed by atoms with Crippen LogP contribution in [0.5, 0.6) is 5.75 Å². The minimum atomic E-state index is -4.70. The Labute approximate surface area is 183 Å². The second-order valence-electron chi connectivity index (χ2n) is 7.82. The molecule has 0 aliphatic carbocycles. The number of aliphatic carboxylic acids is 1. The standard InChI is InChI=1S/C22H25F3N2O3S/c1-14-8-17(11-21(28)29)10-20(9-14)31-27-15(2)12-26(13-16(27)3)18-4-6-19(7-5-18)30-22(23,24)25/h4-10,15-16H,11-13H2,1-3H3,(H,28,29). The molecule has 1 heterocycles. The van der Waals surface area contributed by atoms with Crippen molar-refractivity contribution in [2.75, 3.05) is 18.0 Å². The minimum Gasteiger partial charge on any atom is -0.481 e. The van der Waals surface area contributed by atoms with Gasteiger partial charge in [0.2, 0.25) is 0 Å². The number of ether oxygens (including phenoxy) is 1. The van der Waals surface area contributed by atoms with E-state index in [1.807, 2.05) is 25.1 Å². The molecule has 1 fully saturated rings. The molecule has 2 atom stereocenters. The maximum Gasteiger partial charge on any atom is 0.573 e. The molecule has 1 N–H and O–H groups in total. The van der Waals surface area contributed by atoms with E-state index < -0.39 is 12.3 Å². The average molecular weight is 455 g/mol. The molecule has 0 aromatic heterocycles. The summed E-state index contributed by atoms with van der Waals surface area (Å²) in [5.74, 6) is -1.09. The van der Waals surface area contributed by atoms with E-state index in [0.29, 0.717) is 13.1 Å². The van der Waals surface area contributed by atoms with E-state index in [2.05, 4.69) is 27.8 Å². The predicted octanol–water partition coefficient (Wildman–Crippen LogP) is 5.13. The largest absolute Gasteiger partial charge is 0.573 e. The van der Waals surface area contributed by atoms with Crippen molar-refractivity contribution in [1.82, 2.24) is 4.31 Å². The Morgan fingerprint density at radius 2 is 1.74 bits per heavy atom. The maximum atomic E-state index is 12.4. The van der Waals surface area contributed by atoms with Gasteiger partial charge in [-0.05, 0) is 80.2 Å². The van der Waals surface area contributed by atoms with Crippen molar-refractivity contribution in [1.29, 1.82) is 0 Å². The highest BCUT2D eigenvalue weighted by molar-refractivity contribution is 7.97. The van der Waals surface area contributed by atoms with Crippen molar-refractivity contribution in [3.05, 3.63) is 53.6 Å². The number of nitrogens with zero attached hydrogens (tertiary/aromatic N) is 2. The zero-order chi connectivity index (χ0) is 22.8. The van der Waals surface area contributed by atoms with Crippen molar-refractivity contribution in [2.45, 2.75) is 50.5 Å². The number of anilines is 1. The Hall–Kier alpha value is -2.39. The molecule has 0 bridgehead atoms. The molecule has 5 nitrogen and oxygen atoms in total. The number of hydrogen-bond donors (Lipinski definition) is 1. The third kappa shape index (κ3) is 6.54. The number of hydrogen-bond acceptors (Lipinski definition) is 5. The quantitative estimate of drug-likeness (QED) is 0.611. The van der Waals surface area contributed by atoms with Gasteiger partial charge < -0.3 is 14.7 Å². The van der Waals surface area contributed by atoms with Crippen LogP contribution < -0.4 is 9.64 Å². The third-order valence-electron chi connectivity index (χ3n) is 4.95. The second kappa shape index (κ2) is 9.40. The van der Waals surface area contributed by atoms with Crippen LogP contribution in [0.1, 0.15) is 25.0 Å². The molecule has 168 valence electrons. The molecule has 2 unspecified atom stereocenters. The Bertz CT molecular complexity index is 909. The van der Waals surface area contributed by atoms with Crippen LogP contribution in [0.25, 0.3) is 0 Å². The molecule has 2 aromatic carbocycles. The molecular formula is C22H25F3N2O3S. The number of carbonyl (C=O) groups is 1. The predicted molar refractivity (Wildman–Crippen MR) is 114 cm³/mol. The van der Waals surface area contributed by atoms with Crippen LogP contribution in [0.15, 0.2) is 47.4 Å². The van der Waals surface area contributed by atoms with Crippen LogP contribution >= 0.6 is 11.9 Å². The summed E-state index contributed by atoms with van der Waals surface area (Å²) >= 11 is 1.61. The fraction of sp³-hybridized carbons (Fsp3) is 0.409. The van der Waals surface area contributed by atoms with Crippen LogP contribution in [0, 0.1) is 6.92 Å². The van der Waals surface area contributed by atoms with Gasteiger partial charge in [-0.1, -0.05) is 6.07 Å². The Balaban J connectivity index is 1.68. The lowest BCUT2D eigenvalue weighted by Gasteiger charge is -2.44.